The monoisotopic (exact) mass is 624 g/mol. The second-order valence-corrected chi connectivity index (χ2v) is 12.0. The van der Waals surface area contributed by atoms with Crippen LogP contribution in [-0.2, 0) is 0 Å². The van der Waals surface area contributed by atoms with Gasteiger partial charge in [0, 0.05) is 29.5 Å². The summed E-state index contributed by atoms with van der Waals surface area (Å²) in [5, 5.41) is 22.9. The van der Waals surface area contributed by atoms with Gasteiger partial charge in [0.2, 0.25) is 0 Å². The molecule has 4 heteroatoms. The van der Waals surface area contributed by atoms with Crippen molar-refractivity contribution in [2.24, 2.45) is 0 Å². The molecular formula is C45H28N4. The lowest BCUT2D eigenvalue weighted by molar-refractivity contribution is 1.28. The molecule has 0 aliphatic heterocycles. The highest BCUT2D eigenvalue weighted by molar-refractivity contribution is 5.90. The Bertz CT molecular complexity index is 2400. The highest BCUT2D eigenvalue weighted by Gasteiger charge is 2.14. The van der Waals surface area contributed by atoms with Gasteiger partial charge in [-0.05, 0) is 140 Å². The number of hydrogen-bond acceptors (Lipinski definition) is 4. The Kier molecular flexibility index (Phi) is 7.59. The molecule has 228 valence electrons. The minimum absolute atomic E-state index is 0.666. The third kappa shape index (κ3) is 5.87. The highest BCUT2D eigenvalue weighted by Crippen LogP contribution is 2.38. The number of fused-ring (bicyclic) bond motifs is 2. The van der Waals surface area contributed by atoms with Gasteiger partial charge in [-0.15, -0.1) is 0 Å². The van der Waals surface area contributed by atoms with Crippen LogP contribution >= 0.6 is 0 Å². The third-order valence-corrected chi connectivity index (χ3v) is 9.00. The predicted octanol–water partition coefficient (Wildman–Crippen LogP) is 11.6. The van der Waals surface area contributed by atoms with Gasteiger partial charge in [-0.1, -0.05) is 72.8 Å². The predicted molar refractivity (Wildman–Crippen MR) is 200 cm³/mol. The minimum atomic E-state index is 0.666. The molecule has 4 nitrogen and oxygen atoms in total. The van der Waals surface area contributed by atoms with E-state index in [0.29, 0.717) is 11.1 Å². The molecule has 0 N–H and O–H groups in total. The molecule has 1 heterocycles. The van der Waals surface area contributed by atoms with E-state index in [1.54, 1.807) is 0 Å². The first-order valence-corrected chi connectivity index (χ1v) is 16.0. The smallest absolute Gasteiger partial charge is 0.0991 e. The molecular weight excluding hydrogens is 597 g/mol. The molecule has 0 aliphatic carbocycles. The fraction of sp³-hybridized carbons (Fsp3) is 0. The molecule has 1 aromatic heterocycles. The standard InChI is InChI=1S/C45H28N4/c46-29-31-1-3-41-27-39(7-5-37(41)25-31)34-11-17-44(18-12-34)49(43-15-9-33(10-16-43)36-21-23-48-24-22-36)45-19-13-35(14-20-45)40-8-6-38-26-32(30-47)2-4-42(38)28-40/h1-28H. The first kappa shape index (κ1) is 29.4. The zero-order valence-corrected chi connectivity index (χ0v) is 26.5. The lowest BCUT2D eigenvalue weighted by Gasteiger charge is -2.26. The molecule has 0 spiro atoms. The molecule has 0 saturated carbocycles. The number of anilines is 3. The number of benzene rings is 7. The Morgan fingerprint density at radius 3 is 1.08 bits per heavy atom. The van der Waals surface area contributed by atoms with E-state index in [4.69, 9.17) is 0 Å². The van der Waals surface area contributed by atoms with Crippen molar-refractivity contribution in [1.29, 1.82) is 10.5 Å². The molecule has 0 radical (unpaired) electrons. The van der Waals surface area contributed by atoms with E-state index in [1.807, 2.05) is 60.9 Å². The van der Waals surface area contributed by atoms with Gasteiger partial charge in [-0.2, -0.15) is 10.5 Å². The van der Waals surface area contributed by atoms with Crippen LogP contribution in [-0.4, -0.2) is 4.98 Å². The third-order valence-electron chi connectivity index (χ3n) is 9.00. The fourth-order valence-electron chi connectivity index (χ4n) is 6.39. The lowest BCUT2D eigenvalue weighted by Crippen LogP contribution is -2.09. The Balaban J connectivity index is 1.15. The second kappa shape index (κ2) is 12.6. The quantitative estimate of drug-likeness (QED) is 0.185. The van der Waals surface area contributed by atoms with Crippen LogP contribution < -0.4 is 4.90 Å². The number of pyridine rings is 1. The Hall–Kier alpha value is -7.01. The maximum absolute atomic E-state index is 9.28. The van der Waals surface area contributed by atoms with Gasteiger partial charge in [0.15, 0.2) is 0 Å². The van der Waals surface area contributed by atoms with Crippen LogP contribution in [0.15, 0.2) is 170 Å². The summed E-state index contributed by atoms with van der Waals surface area (Å²) < 4.78 is 0. The van der Waals surface area contributed by atoms with Gasteiger partial charge in [-0.3, -0.25) is 4.98 Å². The van der Waals surface area contributed by atoms with Crippen molar-refractivity contribution in [2.75, 3.05) is 4.90 Å². The van der Waals surface area contributed by atoms with E-state index >= 15 is 0 Å². The topological polar surface area (TPSA) is 63.7 Å². The zero-order chi connectivity index (χ0) is 33.2. The summed E-state index contributed by atoms with van der Waals surface area (Å²) in [5.74, 6) is 0. The molecule has 0 fully saturated rings. The van der Waals surface area contributed by atoms with E-state index in [0.717, 1.165) is 72.0 Å². The van der Waals surface area contributed by atoms with Gasteiger partial charge in [0.1, 0.15) is 0 Å². The van der Waals surface area contributed by atoms with E-state index in [1.165, 1.54) is 0 Å². The summed E-state index contributed by atoms with van der Waals surface area (Å²) in [6, 6.07) is 58.8. The summed E-state index contributed by atoms with van der Waals surface area (Å²) in [4.78, 5) is 6.44. The van der Waals surface area contributed by atoms with Crippen molar-refractivity contribution in [3.05, 3.63) is 181 Å². The highest BCUT2D eigenvalue weighted by atomic mass is 15.1. The van der Waals surface area contributed by atoms with Gasteiger partial charge >= 0.3 is 0 Å². The molecule has 0 bridgehead atoms. The van der Waals surface area contributed by atoms with Crippen LogP contribution in [0.1, 0.15) is 11.1 Å². The summed E-state index contributed by atoms with van der Waals surface area (Å²) in [7, 11) is 0. The van der Waals surface area contributed by atoms with Crippen LogP contribution in [0.2, 0.25) is 0 Å². The number of nitrogens with zero attached hydrogens (tertiary/aromatic N) is 4. The first-order chi connectivity index (χ1) is 24.1. The van der Waals surface area contributed by atoms with Crippen molar-refractivity contribution >= 4 is 38.6 Å². The summed E-state index contributed by atoms with van der Waals surface area (Å²) in [6.45, 7) is 0. The van der Waals surface area contributed by atoms with Gasteiger partial charge in [0.05, 0.1) is 23.3 Å². The molecule has 0 aliphatic rings. The van der Waals surface area contributed by atoms with E-state index in [-0.39, 0.29) is 0 Å². The van der Waals surface area contributed by atoms with Crippen molar-refractivity contribution in [3.63, 3.8) is 0 Å². The van der Waals surface area contributed by atoms with Gasteiger partial charge < -0.3 is 4.90 Å². The summed E-state index contributed by atoms with van der Waals surface area (Å²) >= 11 is 0. The van der Waals surface area contributed by atoms with Gasteiger partial charge in [-0.25, -0.2) is 0 Å². The molecule has 49 heavy (non-hydrogen) atoms. The van der Waals surface area contributed by atoms with Crippen LogP contribution in [0.25, 0.3) is 54.9 Å². The summed E-state index contributed by atoms with van der Waals surface area (Å²) in [6.07, 6.45) is 3.63. The van der Waals surface area contributed by atoms with Gasteiger partial charge in [0.25, 0.3) is 0 Å². The number of aromatic nitrogens is 1. The van der Waals surface area contributed by atoms with Crippen molar-refractivity contribution in [2.45, 2.75) is 0 Å². The molecule has 0 atom stereocenters. The zero-order valence-electron chi connectivity index (χ0n) is 26.5. The van der Waals surface area contributed by atoms with Crippen molar-refractivity contribution in [3.8, 4) is 45.5 Å². The second-order valence-electron chi connectivity index (χ2n) is 12.0. The molecule has 0 unspecified atom stereocenters. The molecule has 7 aromatic carbocycles. The average molecular weight is 625 g/mol. The Labute approximate surface area is 285 Å². The largest absolute Gasteiger partial charge is 0.311 e. The number of rotatable bonds is 6. The first-order valence-electron chi connectivity index (χ1n) is 16.0. The van der Waals surface area contributed by atoms with Crippen LogP contribution in [0.3, 0.4) is 0 Å². The van der Waals surface area contributed by atoms with Crippen LogP contribution in [0.4, 0.5) is 17.1 Å². The molecule has 0 saturated heterocycles. The Morgan fingerprint density at radius 1 is 0.347 bits per heavy atom. The average Bonchev–Trinajstić information content (AvgIpc) is 3.18. The maximum atomic E-state index is 9.28. The van der Waals surface area contributed by atoms with Crippen LogP contribution in [0, 0.1) is 22.7 Å². The fourth-order valence-corrected chi connectivity index (χ4v) is 6.39. The van der Waals surface area contributed by atoms with E-state index < -0.39 is 0 Å². The lowest BCUT2D eigenvalue weighted by atomic mass is 9.99. The summed E-state index contributed by atoms with van der Waals surface area (Å²) in [5.41, 5.74) is 11.2. The molecule has 0 amide bonds. The number of nitriles is 2. The maximum Gasteiger partial charge on any atom is 0.0991 e. The van der Waals surface area contributed by atoms with Crippen molar-refractivity contribution in [1.82, 2.24) is 4.98 Å². The normalized spacial score (nSPS) is 10.8. The van der Waals surface area contributed by atoms with Crippen molar-refractivity contribution < 1.29 is 0 Å². The molecule has 8 rings (SSSR count). The number of hydrogen-bond donors (Lipinski definition) is 0. The van der Waals surface area contributed by atoms with Crippen LogP contribution in [0.5, 0.6) is 0 Å². The minimum Gasteiger partial charge on any atom is -0.311 e. The SMILES string of the molecule is N#Cc1ccc2cc(-c3ccc(N(c4ccc(-c5ccncc5)cc4)c4ccc(-c5ccc6cc(C#N)ccc6c5)cc4)cc3)ccc2c1. The van der Waals surface area contributed by atoms with E-state index in [9.17, 15) is 10.5 Å². The Morgan fingerprint density at radius 2 is 0.673 bits per heavy atom. The van der Waals surface area contributed by atoms with E-state index in [2.05, 4.69) is 131 Å². The molecule has 8 aromatic rings.